The first-order valence-electron chi connectivity index (χ1n) is 7.05. The average Bonchev–Trinajstić information content (AvgIpc) is 2.41. The van der Waals surface area contributed by atoms with Crippen LogP contribution in [-0.2, 0) is 14.4 Å². The fraction of sp³-hybridized carbons (Fsp3) is 0.643. The third-order valence-electron chi connectivity index (χ3n) is 3.78. The van der Waals surface area contributed by atoms with Gasteiger partial charge in [0.1, 0.15) is 6.04 Å². The molecule has 1 saturated heterocycles. The van der Waals surface area contributed by atoms with Crippen molar-refractivity contribution in [2.75, 3.05) is 13.1 Å². The topological polar surface area (TPSA) is 86.7 Å². The Morgan fingerprint density at radius 2 is 2.20 bits per heavy atom. The van der Waals surface area contributed by atoms with E-state index in [1.165, 1.54) is 4.90 Å². The molecule has 110 valence electrons. The van der Waals surface area contributed by atoms with Gasteiger partial charge in [0, 0.05) is 19.5 Å². The lowest BCUT2D eigenvalue weighted by Crippen LogP contribution is -2.57. The van der Waals surface area contributed by atoms with E-state index < -0.39 is 12.0 Å². The molecule has 0 aromatic rings. The van der Waals surface area contributed by atoms with Crippen molar-refractivity contribution in [3.05, 3.63) is 11.6 Å². The number of hydrogen-bond acceptors (Lipinski definition) is 3. The summed E-state index contributed by atoms with van der Waals surface area (Å²) in [6.07, 6.45) is 6.25. The minimum absolute atomic E-state index is 0.140. The van der Waals surface area contributed by atoms with E-state index >= 15 is 0 Å². The number of amides is 2. The summed E-state index contributed by atoms with van der Waals surface area (Å²) in [5, 5.41) is 11.5. The molecule has 1 atom stereocenters. The molecule has 6 heteroatoms. The van der Waals surface area contributed by atoms with E-state index in [9.17, 15) is 14.4 Å². The van der Waals surface area contributed by atoms with Crippen LogP contribution in [0.15, 0.2) is 11.6 Å². The van der Waals surface area contributed by atoms with Crippen molar-refractivity contribution in [1.29, 1.82) is 0 Å². The summed E-state index contributed by atoms with van der Waals surface area (Å²) in [5.74, 6) is -1.58. The van der Waals surface area contributed by atoms with E-state index in [2.05, 4.69) is 11.4 Å². The van der Waals surface area contributed by atoms with Gasteiger partial charge in [0.05, 0.1) is 6.42 Å². The van der Waals surface area contributed by atoms with Gasteiger partial charge in [-0.15, -0.1) is 0 Å². The fourth-order valence-electron chi connectivity index (χ4n) is 2.74. The Morgan fingerprint density at radius 3 is 2.85 bits per heavy atom. The molecule has 2 aliphatic rings. The molecule has 20 heavy (non-hydrogen) atoms. The molecule has 6 nitrogen and oxygen atoms in total. The minimum Gasteiger partial charge on any atom is -0.481 e. The number of allylic oxidation sites excluding steroid dienone is 1. The molecular weight excluding hydrogens is 260 g/mol. The Hall–Kier alpha value is -1.85. The second-order valence-electron chi connectivity index (χ2n) is 5.28. The van der Waals surface area contributed by atoms with E-state index in [1.54, 1.807) is 0 Å². The van der Waals surface area contributed by atoms with E-state index in [-0.39, 0.29) is 18.2 Å². The van der Waals surface area contributed by atoms with Crippen molar-refractivity contribution in [1.82, 2.24) is 10.2 Å². The smallest absolute Gasteiger partial charge is 0.305 e. The first-order valence-corrected chi connectivity index (χ1v) is 7.05. The fourth-order valence-corrected chi connectivity index (χ4v) is 2.74. The van der Waals surface area contributed by atoms with Gasteiger partial charge in [0.25, 0.3) is 0 Å². The van der Waals surface area contributed by atoms with E-state index in [0.717, 1.165) is 31.3 Å². The van der Waals surface area contributed by atoms with Crippen LogP contribution in [0.1, 0.15) is 38.5 Å². The van der Waals surface area contributed by atoms with Crippen molar-refractivity contribution in [3.8, 4) is 0 Å². The zero-order valence-corrected chi connectivity index (χ0v) is 11.4. The number of carbonyl (C=O) groups is 3. The number of rotatable bonds is 4. The zero-order valence-electron chi connectivity index (χ0n) is 11.4. The monoisotopic (exact) mass is 280 g/mol. The minimum atomic E-state index is -1.07. The molecule has 0 spiro atoms. The third-order valence-corrected chi connectivity index (χ3v) is 3.78. The number of piperazine rings is 1. The molecule has 2 N–H and O–H groups in total. The number of nitrogens with one attached hydrogen (secondary N) is 1. The maximum Gasteiger partial charge on any atom is 0.305 e. The van der Waals surface area contributed by atoms with Crippen molar-refractivity contribution in [2.45, 2.75) is 44.6 Å². The molecule has 1 unspecified atom stereocenters. The Morgan fingerprint density at radius 1 is 1.40 bits per heavy atom. The maximum absolute atomic E-state index is 12.3. The molecule has 1 heterocycles. The van der Waals surface area contributed by atoms with Crippen molar-refractivity contribution in [2.24, 2.45) is 0 Å². The molecular formula is C14H20N2O4. The lowest BCUT2D eigenvalue weighted by atomic mass is 9.96. The second kappa shape index (κ2) is 6.54. The van der Waals surface area contributed by atoms with Gasteiger partial charge >= 0.3 is 5.97 Å². The third kappa shape index (κ3) is 3.59. The SMILES string of the molecule is O=C(O)CC1C(=O)NCCN1C(=O)CC1=CCCCC1. The van der Waals surface area contributed by atoms with Gasteiger partial charge in [-0.3, -0.25) is 14.4 Å². The second-order valence-corrected chi connectivity index (χ2v) is 5.28. The Balaban J connectivity index is 2.03. The molecule has 0 saturated carbocycles. The van der Waals surface area contributed by atoms with Gasteiger partial charge in [-0.1, -0.05) is 11.6 Å². The summed E-state index contributed by atoms with van der Waals surface area (Å²) < 4.78 is 0. The van der Waals surface area contributed by atoms with Crippen LogP contribution in [0.5, 0.6) is 0 Å². The van der Waals surface area contributed by atoms with Crippen LogP contribution in [0.3, 0.4) is 0 Å². The van der Waals surface area contributed by atoms with Crippen LogP contribution in [0.25, 0.3) is 0 Å². The Labute approximate surface area is 117 Å². The molecule has 2 rings (SSSR count). The van der Waals surface area contributed by atoms with Crippen LogP contribution < -0.4 is 5.32 Å². The number of carboxylic acids is 1. The average molecular weight is 280 g/mol. The first kappa shape index (κ1) is 14.6. The summed E-state index contributed by atoms with van der Waals surface area (Å²) in [6, 6.07) is -0.877. The summed E-state index contributed by atoms with van der Waals surface area (Å²) in [4.78, 5) is 36.3. The highest BCUT2D eigenvalue weighted by molar-refractivity contribution is 5.92. The number of hydrogen-bond donors (Lipinski definition) is 2. The summed E-state index contributed by atoms with van der Waals surface area (Å²) in [6.45, 7) is 0.773. The summed E-state index contributed by atoms with van der Waals surface area (Å²) in [5.41, 5.74) is 1.11. The standard InChI is InChI=1S/C14H20N2O4/c17-12(8-10-4-2-1-3-5-10)16-7-6-15-14(20)11(16)9-13(18)19/h4,11H,1-3,5-9H2,(H,15,20)(H,18,19). The highest BCUT2D eigenvalue weighted by Gasteiger charge is 2.34. The zero-order chi connectivity index (χ0) is 14.5. The van der Waals surface area contributed by atoms with E-state index in [4.69, 9.17) is 5.11 Å². The molecule has 0 radical (unpaired) electrons. The lowest BCUT2D eigenvalue weighted by molar-refractivity contribution is -0.148. The van der Waals surface area contributed by atoms with Crippen LogP contribution in [0, 0.1) is 0 Å². The van der Waals surface area contributed by atoms with Crippen LogP contribution in [-0.4, -0.2) is 46.9 Å². The Bertz CT molecular complexity index is 444. The Kier molecular flexibility index (Phi) is 4.76. The van der Waals surface area contributed by atoms with Crippen LogP contribution in [0.2, 0.25) is 0 Å². The maximum atomic E-state index is 12.3. The van der Waals surface area contributed by atoms with Crippen molar-refractivity contribution >= 4 is 17.8 Å². The quantitative estimate of drug-likeness (QED) is 0.741. The largest absolute Gasteiger partial charge is 0.481 e. The van der Waals surface area contributed by atoms with E-state index in [0.29, 0.717) is 19.5 Å². The van der Waals surface area contributed by atoms with Gasteiger partial charge in [-0.05, 0) is 25.7 Å². The van der Waals surface area contributed by atoms with Crippen molar-refractivity contribution in [3.63, 3.8) is 0 Å². The number of carbonyl (C=O) groups excluding carboxylic acids is 2. The molecule has 0 aromatic carbocycles. The predicted molar refractivity (Wildman–Crippen MR) is 71.9 cm³/mol. The molecule has 1 aliphatic carbocycles. The van der Waals surface area contributed by atoms with Crippen molar-refractivity contribution < 1.29 is 19.5 Å². The van der Waals surface area contributed by atoms with Gasteiger partial charge in [0.15, 0.2) is 0 Å². The van der Waals surface area contributed by atoms with Gasteiger partial charge in [0.2, 0.25) is 11.8 Å². The first-order chi connectivity index (χ1) is 9.58. The van der Waals surface area contributed by atoms with Gasteiger partial charge in [-0.25, -0.2) is 0 Å². The predicted octanol–water partition coefficient (Wildman–Crippen LogP) is 0.679. The molecule has 2 amide bonds. The van der Waals surface area contributed by atoms with Gasteiger partial charge < -0.3 is 15.3 Å². The molecule has 0 bridgehead atoms. The molecule has 1 fully saturated rings. The number of nitrogens with zero attached hydrogens (tertiary/aromatic N) is 1. The molecule has 1 aliphatic heterocycles. The summed E-state index contributed by atoms with van der Waals surface area (Å²) >= 11 is 0. The van der Waals surface area contributed by atoms with Crippen LogP contribution in [0.4, 0.5) is 0 Å². The lowest BCUT2D eigenvalue weighted by Gasteiger charge is -2.34. The van der Waals surface area contributed by atoms with Gasteiger partial charge in [-0.2, -0.15) is 0 Å². The van der Waals surface area contributed by atoms with Crippen LogP contribution >= 0.6 is 0 Å². The number of aliphatic carboxylic acids is 1. The van der Waals surface area contributed by atoms with E-state index in [1.807, 2.05) is 0 Å². The number of carboxylic acid groups (broad SMARTS) is 1. The summed E-state index contributed by atoms with van der Waals surface area (Å²) in [7, 11) is 0. The highest BCUT2D eigenvalue weighted by Crippen LogP contribution is 2.22. The molecule has 0 aromatic heterocycles. The normalized spacial score (nSPS) is 23.0. The highest BCUT2D eigenvalue weighted by atomic mass is 16.4.